The highest BCUT2D eigenvalue weighted by molar-refractivity contribution is 9.11. The van der Waals surface area contributed by atoms with Crippen LogP contribution in [0.4, 0.5) is 0 Å². The number of thiophene rings is 1. The first-order chi connectivity index (χ1) is 7.22. The SMILES string of the molecule is CCc1occc1C(=O)c1ccc(Br)s1. The van der Waals surface area contributed by atoms with E-state index in [1.165, 1.54) is 11.3 Å². The maximum Gasteiger partial charge on any atom is 0.206 e. The fourth-order valence-corrected chi connectivity index (χ4v) is 2.73. The molecule has 0 fully saturated rings. The van der Waals surface area contributed by atoms with Crippen LogP contribution in [0.2, 0.25) is 0 Å². The molecule has 0 aliphatic heterocycles. The third-order valence-corrected chi connectivity index (χ3v) is 3.73. The maximum absolute atomic E-state index is 12.0. The van der Waals surface area contributed by atoms with Crippen molar-refractivity contribution in [3.8, 4) is 0 Å². The lowest BCUT2D eigenvalue weighted by Gasteiger charge is -1.96. The minimum atomic E-state index is 0.0382. The Balaban J connectivity index is 2.36. The molecule has 0 aliphatic rings. The molecule has 0 unspecified atom stereocenters. The van der Waals surface area contributed by atoms with E-state index >= 15 is 0 Å². The van der Waals surface area contributed by atoms with Crippen molar-refractivity contribution in [2.45, 2.75) is 13.3 Å². The first-order valence-corrected chi connectivity index (χ1v) is 6.19. The van der Waals surface area contributed by atoms with E-state index in [2.05, 4.69) is 15.9 Å². The molecular weight excluding hydrogens is 276 g/mol. The lowest BCUT2D eigenvalue weighted by molar-refractivity contribution is 0.104. The second-order valence-corrected chi connectivity index (χ2v) is 5.51. The summed E-state index contributed by atoms with van der Waals surface area (Å²) in [6, 6.07) is 5.43. The van der Waals surface area contributed by atoms with Crippen molar-refractivity contribution in [2.75, 3.05) is 0 Å². The highest BCUT2D eigenvalue weighted by atomic mass is 79.9. The summed E-state index contributed by atoms with van der Waals surface area (Å²) >= 11 is 4.78. The number of carbonyl (C=O) groups is 1. The number of carbonyl (C=O) groups excluding carboxylic acids is 1. The van der Waals surface area contributed by atoms with Gasteiger partial charge in [-0.3, -0.25) is 4.79 Å². The van der Waals surface area contributed by atoms with Crippen LogP contribution in [-0.4, -0.2) is 5.78 Å². The topological polar surface area (TPSA) is 30.2 Å². The Bertz CT molecular complexity index is 484. The van der Waals surface area contributed by atoms with E-state index in [1.54, 1.807) is 12.3 Å². The smallest absolute Gasteiger partial charge is 0.206 e. The summed E-state index contributed by atoms with van der Waals surface area (Å²) in [6.45, 7) is 1.97. The van der Waals surface area contributed by atoms with Crippen LogP contribution in [0.15, 0.2) is 32.7 Å². The molecule has 4 heteroatoms. The van der Waals surface area contributed by atoms with Crippen LogP contribution in [0.3, 0.4) is 0 Å². The van der Waals surface area contributed by atoms with Gasteiger partial charge in [0.15, 0.2) is 0 Å². The lowest BCUT2D eigenvalue weighted by Crippen LogP contribution is -1.99. The van der Waals surface area contributed by atoms with E-state index in [0.29, 0.717) is 5.56 Å². The molecule has 0 bridgehead atoms. The quantitative estimate of drug-likeness (QED) is 0.801. The molecule has 0 amide bonds. The molecule has 2 nitrogen and oxygen atoms in total. The number of hydrogen-bond acceptors (Lipinski definition) is 3. The van der Waals surface area contributed by atoms with Gasteiger partial charge in [0.05, 0.1) is 20.5 Å². The third-order valence-electron chi connectivity index (χ3n) is 2.11. The summed E-state index contributed by atoms with van der Waals surface area (Å²) in [6.07, 6.45) is 2.30. The molecule has 0 N–H and O–H groups in total. The second-order valence-electron chi connectivity index (χ2n) is 3.04. The number of rotatable bonds is 3. The number of aryl methyl sites for hydroxylation is 1. The van der Waals surface area contributed by atoms with Gasteiger partial charge < -0.3 is 4.42 Å². The van der Waals surface area contributed by atoms with Gasteiger partial charge in [-0.05, 0) is 34.1 Å². The summed E-state index contributed by atoms with van der Waals surface area (Å²) in [5, 5.41) is 0. The summed E-state index contributed by atoms with van der Waals surface area (Å²) in [7, 11) is 0. The van der Waals surface area contributed by atoms with Gasteiger partial charge in [0.1, 0.15) is 5.76 Å². The molecule has 0 saturated heterocycles. The fraction of sp³-hybridized carbons (Fsp3) is 0.182. The molecule has 0 atom stereocenters. The monoisotopic (exact) mass is 284 g/mol. The van der Waals surface area contributed by atoms with Crippen LogP contribution < -0.4 is 0 Å². The van der Waals surface area contributed by atoms with Gasteiger partial charge in [0.2, 0.25) is 5.78 Å². The van der Waals surface area contributed by atoms with Crippen LogP contribution in [-0.2, 0) is 6.42 Å². The van der Waals surface area contributed by atoms with Crippen molar-refractivity contribution in [1.82, 2.24) is 0 Å². The number of hydrogen-bond donors (Lipinski definition) is 0. The number of ketones is 1. The summed E-state index contributed by atoms with van der Waals surface area (Å²) in [5.41, 5.74) is 0.673. The minimum Gasteiger partial charge on any atom is -0.469 e. The number of halogens is 1. The Morgan fingerprint density at radius 1 is 1.47 bits per heavy atom. The van der Waals surface area contributed by atoms with Crippen LogP contribution in [0, 0.1) is 0 Å². The standard InChI is InChI=1S/C11H9BrO2S/c1-2-8-7(5-6-14-8)11(13)9-3-4-10(12)15-9/h3-6H,2H2,1H3. The van der Waals surface area contributed by atoms with Gasteiger partial charge in [0, 0.05) is 6.42 Å². The molecule has 0 aliphatic carbocycles. The molecule has 2 heterocycles. The van der Waals surface area contributed by atoms with Gasteiger partial charge in [-0.1, -0.05) is 6.92 Å². The normalized spacial score (nSPS) is 10.5. The van der Waals surface area contributed by atoms with Crippen LogP contribution >= 0.6 is 27.3 Å². The fourth-order valence-electron chi connectivity index (χ4n) is 1.39. The Kier molecular flexibility index (Phi) is 3.07. The van der Waals surface area contributed by atoms with E-state index in [1.807, 2.05) is 19.1 Å². The van der Waals surface area contributed by atoms with Gasteiger partial charge in [0.25, 0.3) is 0 Å². The van der Waals surface area contributed by atoms with Crippen molar-refractivity contribution in [1.29, 1.82) is 0 Å². The molecule has 15 heavy (non-hydrogen) atoms. The second kappa shape index (κ2) is 4.33. The van der Waals surface area contributed by atoms with Crippen LogP contribution in [0.5, 0.6) is 0 Å². The van der Waals surface area contributed by atoms with Crippen molar-refractivity contribution in [3.05, 3.63) is 44.4 Å². The highest BCUT2D eigenvalue weighted by Crippen LogP contribution is 2.25. The molecule has 0 aromatic carbocycles. The lowest BCUT2D eigenvalue weighted by atomic mass is 10.1. The van der Waals surface area contributed by atoms with Crippen LogP contribution in [0.25, 0.3) is 0 Å². The molecule has 2 aromatic rings. The zero-order valence-electron chi connectivity index (χ0n) is 8.12. The van der Waals surface area contributed by atoms with E-state index in [-0.39, 0.29) is 5.78 Å². The van der Waals surface area contributed by atoms with Gasteiger partial charge >= 0.3 is 0 Å². The Morgan fingerprint density at radius 2 is 2.27 bits per heavy atom. The molecule has 2 aromatic heterocycles. The van der Waals surface area contributed by atoms with Gasteiger partial charge in [-0.15, -0.1) is 11.3 Å². The molecule has 78 valence electrons. The van der Waals surface area contributed by atoms with Gasteiger partial charge in [-0.25, -0.2) is 0 Å². The summed E-state index contributed by atoms with van der Waals surface area (Å²) in [4.78, 5) is 12.8. The van der Waals surface area contributed by atoms with E-state index < -0.39 is 0 Å². The first-order valence-electron chi connectivity index (χ1n) is 4.58. The van der Waals surface area contributed by atoms with Crippen molar-refractivity contribution < 1.29 is 9.21 Å². The predicted molar refractivity (Wildman–Crippen MR) is 63.5 cm³/mol. The molecular formula is C11H9BrO2S. The average Bonchev–Trinajstić information content (AvgIpc) is 2.84. The molecule has 0 saturated carbocycles. The van der Waals surface area contributed by atoms with Crippen molar-refractivity contribution in [2.24, 2.45) is 0 Å². The minimum absolute atomic E-state index is 0.0382. The van der Waals surface area contributed by atoms with E-state index in [4.69, 9.17) is 4.42 Å². The Labute approximate surface area is 100 Å². The highest BCUT2D eigenvalue weighted by Gasteiger charge is 2.16. The third kappa shape index (κ3) is 2.06. The predicted octanol–water partition coefficient (Wildman–Crippen LogP) is 3.90. The zero-order valence-corrected chi connectivity index (χ0v) is 10.5. The zero-order chi connectivity index (χ0) is 10.8. The summed E-state index contributed by atoms with van der Waals surface area (Å²) in [5.74, 6) is 0.792. The first kappa shape index (κ1) is 10.6. The Hall–Kier alpha value is -0.870. The molecule has 0 radical (unpaired) electrons. The largest absolute Gasteiger partial charge is 0.469 e. The maximum atomic E-state index is 12.0. The molecule has 2 rings (SSSR count). The average molecular weight is 285 g/mol. The van der Waals surface area contributed by atoms with E-state index in [0.717, 1.165) is 20.8 Å². The van der Waals surface area contributed by atoms with Gasteiger partial charge in [-0.2, -0.15) is 0 Å². The van der Waals surface area contributed by atoms with Crippen molar-refractivity contribution in [3.63, 3.8) is 0 Å². The van der Waals surface area contributed by atoms with Crippen molar-refractivity contribution >= 4 is 33.0 Å². The molecule has 0 spiro atoms. The number of furan rings is 1. The van der Waals surface area contributed by atoms with Crippen LogP contribution in [0.1, 0.15) is 27.9 Å². The summed E-state index contributed by atoms with van der Waals surface area (Å²) < 4.78 is 6.20. The van der Waals surface area contributed by atoms with E-state index in [9.17, 15) is 4.79 Å². The Morgan fingerprint density at radius 3 is 2.87 bits per heavy atom.